The van der Waals surface area contributed by atoms with Gasteiger partial charge in [-0.05, 0) is 12.3 Å². The van der Waals surface area contributed by atoms with Crippen LogP contribution < -0.4 is 22.5 Å². The van der Waals surface area contributed by atoms with E-state index in [0.29, 0.717) is 18.1 Å². The largest absolute Gasteiger partial charge is 0.377 e. The zero-order chi connectivity index (χ0) is 21.9. The molecule has 8 heteroatoms. The lowest BCUT2D eigenvalue weighted by Gasteiger charge is -2.14. The summed E-state index contributed by atoms with van der Waals surface area (Å²) in [5.74, 6) is 1.78. The second-order valence-corrected chi connectivity index (χ2v) is 10.9. The van der Waals surface area contributed by atoms with Gasteiger partial charge in [-0.3, -0.25) is 4.79 Å². The lowest BCUT2D eigenvalue weighted by Crippen LogP contribution is -2.43. The van der Waals surface area contributed by atoms with Crippen molar-refractivity contribution >= 4 is 27.5 Å². The zero-order valence-corrected chi connectivity index (χ0v) is 20.2. The summed E-state index contributed by atoms with van der Waals surface area (Å²) in [5.41, 5.74) is 16.8. The van der Waals surface area contributed by atoms with Gasteiger partial charge >= 0.3 is 0 Å². The van der Waals surface area contributed by atoms with Crippen LogP contribution in [0.25, 0.3) is 0 Å². The first-order valence-electron chi connectivity index (χ1n) is 11.3. The van der Waals surface area contributed by atoms with Crippen molar-refractivity contribution in [3.63, 3.8) is 0 Å². The van der Waals surface area contributed by atoms with Crippen molar-refractivity contribution in [3.05, 3.63) is 0 Å². The number of carbonyl (C=O) groups is 1. The molecule has 29 heavy (non-hydrogen) atoms. The summed E-state index contributed by atoms with van der Waals surface area (Å²) < 4.78 is 0. The third-order valence-electron chi connectivity index (χ3n) is 4.87. The van der Waals surface area contributed by atoms with Gasteiger partial charge in [-0.15, -0.1) is 0 Å². The van der Waals surface area contributed by atoms with Crippen molar-refractivity contribution in [2.75, 3.05) is 18.1 Å². The molecule has 3 atom stereocenters. The Morgan fingerprint density at radius 3 is 1.83 bits per heavy atom. The van der Waals surface area contributed by atoms with Crippen LogP contribution in [-0.4, -0.2) is 47.4 Å². The van der Waals surface area contributed by atoms with Crippen LogP contribution in [0.1, 0.15) is 84.5 Å². The fourth-order valence-electron chi connectivity index (χ4n) is 2.86. The quantitative estimate of drug-likeness (QED) is 0.109. The van der Waals surface area contributed by atoms with E-state index in [-0.39, 0.29) is 5.91 Å². The predicted molar refractivity (Wildman–Crippen MR) is 130 cm³/mol. The number of rotatable bonds is 20. The molecule has 3 unspecified atom stereocenters. The average Bonchev–Trinajstić information content (AvgIpc) is 2.67. The summed E-state index contributed by atoms with van der Waals surface area (Å²) in [6, 6.07) is -0.987. The van der Waals surface area contributed by atoms with Gasteiger partial charge in [0.2, 0.25) is 5.91 Å². The zero-order valence-electron chi connectivity index (χ0n) is 18.6. The molecule has 0 spiro atoms. The van der Waals surface area contributed by atoms with E-state index in [1.165, 1.54) is 79.4 Å². The molecule has 174 valence electrons. The Bertz CT molecular complexity index is 388. The van der Waals surface area contributed by atoms with Gasteiger partial charge in [0, 0.05) is 18.1 Å². The summed E-state index contributed by atoms with van der Waals surface area (Å²) in [7, 11) is 2.96. The fourth-order valence-corrected chi connectivity index (χ4v) is 5.19. The summed E-state index contributed by atoms with van der Waals surface area (Å²) in [5, 5.41) is 12.0. The van der Waals surface area contributed by atoms with E-state index in [1.807, 2.05) is 0 Å². The average molecular weight is 451 g/mol. The van der Waals surface area contributed by atoms with E-state index in [4.69, 9.17) is 22.3 Å². The number of hydrogen-bond acceptors (Lipinski definition) is 7. The Morgan fingerprint density at radius 1 is 0.828 bits per heavy atom. The Kier molecular flexibility index (Phi) is 19.9. The van der Waals surface area contributed by atoms with Gasteiger partial charge in [0.1, 0.15) is 6.23 Å². The number of hydrogen-bond donors (Lipinski definition) is 5. The topological polar surface area (TPSA) is 127 Å². The number of carbonyl (C=O) groups excluding carboxylic acids is 1. The fraction of sp³-hybridized carbons (Fsp3) is 0.952. The maximum Gasteiger partial charge on any atom is 0.237 e. The van der Waals surface area contributed by atoms with Gasteiger partial charge in [-0.1, -0.05) is 99.6 Å². The van der Waals surface area contributed by atoms with Crippen LogP contribution in [0, 0.1) is 5.92 Å². The monoisotopic (exact) mass is 450 g/mol. The summed E-state index contributed by atoms with van der Waals surface area (Å²) >= 11 is 0. The highest BCUT2D eigenvalue weighted by Gasteiger charge is 2.14. The van der Waals surface area contributed by atoms with Crippen LogP contribution in [0.2, 0.25) is 0 Å². The van der Waals surface area contributed by atoms with Crippen LogP contribution in [0.4, 0.5) is 0 Å². The number of unbranched alkanes of at least 4 members (excludes halogenated alkanes) is 9. The van der Waals surface area contributed by atoms with Crippen LogP contribution in [0.3, 0.4) is 0 Å². The van der Waals surface area contributed by atoms with Crippen LogP contribution in [-0.2, 0) is 4.79 Å². The number of aliphatic hydroxyl groups is 1. The van der Waals surface area contributed by atoms with Gasteiger partial charge in [-0.2, -0.15) is 0 Å². The molecule has 0 radical (unpaired) electrons. The normalized spacial score (nSPS) is 14.7. The molecule has 0 aromatic rings. The van der Waals surface area contributed by atoms with Crippen molar-refractivity contribution in [2.45, 2.75) is 103 Å². The Balaban J connectivity index is 3.38. The molecule has 0 aromatic heterocycles. The molecular formula is C21H46N4O2S2. The van der Waals surface area contributed by atoms with Gasteiger partial charge in [0.25, 0.3) is 0 Å². The molecule has 0 saturated heterocycles. The van der Waals surface area contributed by atoms with Crippen molar-refractivity contribution in [2.24, 2.45) is 23.1 Å². The smallest absolute Gasteiger partial charge is 0.237 e. The van der Waals surface area contributed by atoms with E-state index in [2.05, 4.69) is 19.2 Å². The maximum atomic E-state index is 12.0. The van der Waals surface area contributed by atoms with Crippen molar-refractivity contribution < 1.29 is 9.90 Å². The number of amides is 1. The molecule has 0 aliphatic carbocycles. The third-order valence-corrected chi connectivity index (χ3v) is 7.37. The SMILES string of the molecule is CC(C)CCCCCCCCCCCCNC(=O)C(N)CSSCC(N)C(N)O. The van der Waals surface area contributed by atoms with Crippen LogP contribution >= 0.6 is 21.6 Å². The number of aliphatic hydroxyl groups excluding tert-OH is 1. The van der Waals surface area contributed by atoms with E-state index >= 15 is 0 Å². The lowest BCUT2D eigenvalue weighted by atomic mass is 10.0. The minimum Gasteiger partial charge on any atom is -0.377 e. The molecule has 0 aliphatic heterocycles. The molecule has 8 N–H and O–H groups in total. The Hall–Kier alpha value is 0.01000. The lowest BCUT2D eigenvalue weighted by molar-refractivity contribution is -0.121. The predicted octanol–water partition coefficient (Wildman–Crippen LogP) is 3.36. The molecule has 0 heterocycles. The first kappa shape index (κ1) is 29.0. The maximum absolute atomic E-state index is 12.0. The van der Waals surface area contributed by atoms with Gasteiger partial charge in [0.05, 0.1) is 12.1 Å². The van der Waals surface area contributed by atoms with E-state index in [1.54, 1.807) is 0 Å². The second-order valence-electron chi connectivity index (χ2n) is 8.34. The molecule has 0 bridgehead atoms. The van der Waals surface area contributed by atoms with E-state index < -0.39 is 18.3 Å². The molecule has 0 aromatic carbocycles. The highest BCUT2D eigenvalue weighted by atomic mass is 33.1. The first-order chi connectivity index (χ1) is 13.8. The van der Waals surface area contributed by atoms with Gasteiger partial charge in [-0.25, -0.2) is 0 Å². The van der Waals surface area contributed by atoms with Gasteiger partial charge < -0.3 is 27.6 Å². The number of nitrogens with two attached hydrogens (primary N) is 3. The molecule has 0 aliphatic rings. The molecular weight excluding hydrogens is 404 g/mol. The van der Waals surface area contributed by atoms with Crippen LogP contribution in [0.5, 0.6) is 0 Å². The Labute approximate surface area is 186 Å². The van der Waals surface area contributed by atoms with E-state index in [9.17, 15) is 4.79 Å². The standard InChI is InChI=1S/C21H46N4O2S2/c1-17(2)13-11-9-7-5-3-4-6-8-10-12-14-25-21(27)19(23)16-29-28-15-18(22)20(24)26/h17-20,26H,3-16,22-24H2,1-2H3,(H,25,27). The summed E-state index contributed by atoms with van der Waals surface area (Å²) in [6.07, 6.45) is 13.3. The number of nitrogens with one attached hydrogen (secondary N) is 1. The van der Waals surface area contributed by atoms with Crippen molar-refractivity contribution in [3.8, 4) is 0 Å². The first-order valence-corrected chi connectivity index (χ1v) is 13.8. The van der Waals surface area contributed by atoms with Crippen LogP contribution in [0.15, 0.2) is 0 Å². The third kappa shape index (κ3) is 19.7. The molecule has 0 rings (SSSR count). The minimum atomic E-state index is -1.01. The molecule has 0 fully saturated rings. The minimum absolute atomic E-state index is 0.0984. The Morgan fingerprint density at radius 2 is 1.31 bits per heavy atom. The van der Waals surface area contributed by atoms with Gasteiger partial charge in [0.15, 0.2) is 0 Å². The highest BCUT2D eigenvalue weighted by Crippen LogP contribution is 2.22. The van der Waals surface area contributed by atoms with E-state index in [0.717, 1.165) is 18.8 Å². The highest BCUT2D eigenvalue weighted by molar-refractivity contribution is 8.76. The summed E-state index contributed by atoms with van der Waals surface area (Å²) in [6.45, 7) is 5.30. The second kappa shape index (κ2) is 19.9. The molecule has 0 saturated carbocycles. The van der Waals surface area contributed by atoms with Crippen molar-refractivity contribution in [1.29, 1.82) is 0 Å². The summed E-state index contributed by atoms with van der Waals surface area (Å²) in [4.78, 5) is 12.0. The molecule has 1 amide bonds. The molecule has 6 nitrogen and oxygen atoms in total. The van der Waals surface area contributed by atoms with Crippen molar-refractivity contribution in [1.82, 2.24) is 5.32 Å².